The van der Waals surface area contributed by atoms with Crippen LogP contribution < -0.4 is 4.90 Å². The number of nitrogens with zero attached hydrogens (tertiary/aromatic N) is 2. The van der Waals surface area contributed by atoms with Crippen molar-refractivity contribution in [3.63, 3.8) is 0 Å². The molecule has 0 N–H and O–H groups in total. The van der Waals surface area contributed by atoms with E-state index in [4.69, 9.17) is 4.42 Å². The fourth-order valence-corrected chi connectivity index (χ4v) is 7.56. The average Bonchev–Trinajstić information content (AvgIpc) is 3.71. The van der Waals surface area contributed by atoms with Crippen molar-refractivity contribution in [3.05, 3.63) is 182 Å². The van der Waals surface area contributed by atoms with Gasteiger partial charge in [-0.25, -0.2) is 0 Å². The molecule has 0 aliphatic rings. The van der Waals surface area contributed by atoms with Crippen LogP contribution in [0.25, 0.3) is 72.5 Å². The van der Waals surface area contributed by atoms with Gasteiger partial charge in [0.15, 0.2) is 0 Å². The second kappa shape index (κ2) is 12.1. The fourth-order valence-electron chi connectivity index (χ4n) is 7.56. The molecule has 0 radical (unpaired) electrons. The lowest BCUT2D eigenvalue weighted by atomic mass is 9.97. The predicted octanol–water partition coefficient (Wildman–Crippen LogP) is 13.5. The second-order valence-corrected chi connectivity index (χ2v) is 12.5. The van der Waals surface area contributed by atoms with Gasteiger partial charge in [0, 0.05) is 44.2 Å². The molecule has 0 fully saturated rings. The van der Waals surface area contributed by atoms with E-state index in [1.54, 1.807) is 0 Å². The van der Waals surface area contributed by atoms with Crippen LogP contribution in [0.5, 0.6) is 0 Å². The monoisotopic (exact) mass is 642 g/mol. The third-order valence-corrected chi connectivity index (χ3v) is 9.68. The first-order chi connectivity index (χ1) is 24.7. The van der Waals surface area contributed by atoms with Crippen LogP contribution in [-0.4, -0.2) is 4.57 Å². The Labute approximate surface area is 291 Å². The number of allylic oxidation sites excluding steroid dienone is 1. The molecular formula is C47H34N2O. The van der Waals surface area contributed by atoms with E-state index in [-0.39, 0.29) is 0 Å². The van der Waals surface area contributed by atoms with E-state index in [9.17, 15) is 0 Å². The van der Waals surface area contributed by atoms with Crippen LogP contribution in [0.3, 0.4) is 0 Å². The van der Waals surface area contributed by atoms with Gasteiger partial charge in [-0.05, 0) is 90.2 Å². The molecule has 0 spiro atoms. The molecule has 0 amide bonds. The maximum absolute atomic E-state index is 6.23. The molecule has 0 aliphatic heterocycles. The number of benzene rings is 7. The van der Waals surface area contributed by atoms with Gasteiger partial charge < -0.3 is 13.9 Å². The van der Waals surface area contributed by atoms with Crippen LogP contribution >= 0.6 is 0 Å². The van der Waals surface area contributed by atoms with Crippen LogP contribution in [0.15, 0.2) is 175 Å². The van der Waals surface area contributed by atoms with Gasteiger partial charge in [0.1, 0.15) is 11.3 Å². The summed E-state index contributed by atoms with van der Waals surface area (Å²) in [5.41, 5.74) is 11.0. The maximum Gasteiger partial charge on any atom is 0.136 e. The molecule has 7 aromatic carbocycles. The Morgan fingerprint density at radius 2 is 1.28 bits per heavy atom. The topological polar surface area (TPSA) is 21.3 Å². The third-order valence-electron chi connectivity index (χ3n) is 9.68. The van der Waals surface area contributed by atoms with E-state index in [0.717, 1.165) is 56.2 Å². The van der Waals surface area contributed by atoms with Crippen molar-refractivity contribution >= 4 is 72.8 Å². The summed E-state index contributed by atoms with van der Waals surface area (Å²) in [6.07, 6.45) is 5.89. The zero-order valence-electron chi connectivity index (χ0n) is 27.8. The zero-order valence-corrected chi connectivity index (χ0v) is 27.8. The van der Waals surface area contributed by atoms with Crippen molar-refractivity contribution in [2.75, 3.05) is 4.90 Å². The Bertz CT molecular complexity index is 2710. The molecule has 0 atom stereocenters. The molecule has 0 aliphatic carbocycles. The maximum atomic E-state index is 6.23. The average molecular weight is 643 g/mol. The van der Waals surface area contributed by atoms with E-state index in [1.165, 1.54) is 32.6 Å². The molecule has 3 nitrogen and oxygen atoms in total. The highest BCUT2D eigenvalue weighted by atomic mass is 16.3. The highest BCUT2D eigenvalue weighted by molar-refractivity contribution is 6.23. The van der Waals surface area contributed by atoms with Gasteiger partial charge in [0.05, 0.1) is 16.7 Å². The summed E-state index contributed by atoms with van der Waals surface area (Å²) in [4.78, 5) is 2.37. The number of rotatable bonds is 7. The van der Waals surface area contributed by atoms with Crippen LogP contribution in [0.4, 0.5) is 17.1 Å². The summed E-state index contributed by atoms with van der Waals surface area (Å²) in [5.74, 6) is 0.828. The molecule has 0 saturated carbocycles. The van der Waals surface area contributed by atoms with E-state index in [2.05, 4.69) is 168 Å². The predicted molar refractivity (Wildman–Crippen MR) is 213 cm³/mol. The quantitative estimate of drug-likeness (QED) is 0.172. The molecule has 0 saturated heterocycles. The van der Waals surface area contributed by atoms with E-state index in [1.807, 2.05) is 31.2 Å². The van der Waals surface area contributed by atoms with E-state index >= 15 is 0 Å². The molecule has 9 aromatic rings. The van der Waals surface area contributed by atoms with Crippen molar-refractivity contribution in [1.82, 2.24) is 4.57 Å². The lowest BCUT2D eigenvalue weighted by Crippen LogP contribution is -2.10. The molecule has 238 valence electrons. The summed E-state index contributed by atoms with van der Waals surface area (Å²) in [5, 5.41) is 6.00. The minimum Gasteiger partial charge on any atom is -0.456 e. The third kappa shape index (κ3) is 4.67. The van der Waals surface area contributed by atoms with Crippen molar-refractivity contribution in [2.45, 2.75) is 6.92 Å². The number of anilines is 3. The largest absolute Gasteiger partial charge is 0.456 e. The highest BCUT2D eigenvalue weighted by Crippen LogP contribution is 2.44. The molecule has 2 aromatic heterocycles. The fraction of sp³-hybridized carbons (Fsp3) is 0.0213. The Kier molecular flexibility index (Phi) is 7.18. The minimum atomic E-state index is 0.828. The second-order valence-electron chi connectivity index (χ2n) is 12.5. The van der Waals surface area contributed by atoms with Gasteiger partial charge in [0.25, 0.3) is 0 Å². The van der Waals surface area contributed by atoms with E-state index in [0.29, 0.717) is 0 Å². The smallest absolute Gasteiger partial charge is 0.136 e. The first kappa shape index (κ1) is 29.6. The van der Waals surface area contributed by atoms with Gasteiger partial charge >= 0.3 is 0 Å². The summed E-state index contributed by atoms with van der Waals surface area (Å²) < 4.78 is 8.61. The van der Waals surface area contributed by atoms with Crippen LogP contribution in [0.2, 0.25) is 0 Å². The Balaban J connectivity index is 1.23. The molecule has 0 unspecified atom stereocenters. The number of para-hydroxylation sites is 3. The van der Waals surface area contributed by atoms with Gasteiger partial charge in [-0.15, -0.1) is 0 Å². The Hall–Kier alpha value is -6.58. The molecular weight excluding hydrogens is 609 g/mol. The zero-order chi connectivity index (χ0) is 33.6. The first-order valence-electron chi connectivity index (χ1n) is 17.0. The van der Waals surface area contributed by atoms with Crippen molar-refractivity contribution < 1.29 is 4.42 Å². The number of fused-ring (bicyclic) bond motifs is 6. The molecule has 3 heteroatoms. The van der Waals surface area contributed by atoms with E-state index < -0.39 is 0 Å². The number of furan rings is 1. The highest BCUT2D eigenvalue weighted by Gasteiger charge is 2.20. The van der Waals surface area contributed by atoms with Crippen LogP contribution in [0, 0.1) is 0 Å². The number of hydrogen-bond donors (Lipinski definition) is 0. The SMILES string of the molecule is C=Cc1c(/C=C\C)oc2cccc(-c3ccc(N(c4ccccc4)c4cccc5c4ccc4c5c5ccccc5n4-c4ccccc4)cc3)c12. The summed E-state index contributed by atoms with van der Waals surface area (Å²) in [7, 11) is 0. The van der Waals surface area contributed by atoms with Crippen molar-refractivity contribution in [2.24, 2.45) is 0 Å². The summed E-state index contributed by atoms with van der Waals surface area (Å²) in [6, 6.07) is 56.4. The molecule has 2 heterocycles. The van der Waals surface area contributed by atoms with Gasteiger partial charge in [-0.3, -0.25) is 0 Å². The van der Waals surface area contributed by atoms with Gasteiger partial charge in [-0.2, -0.15) is 0 Å². The lowest BCUT2D eigenvalue weighted by molar-refractivity contribution is 0.603. The summed E-state index contributed by atoms with van der Waals surface area (Å²) in [6.45, 7) is 6.11. The first-order valence-corrected chi connectivity index (χ1v) is 17.0. The minimum absolute atomic E-state index is 0.828. The van der Waals surface area contributed by atoms with Crippen molar-refractivity contribution in [3.8, 4) is 16.8 Å². The van der Waals surface area contributed by atoms with Crippen molar-refractivity contribution in [1.29, 1.82) is 0 Å². The normalized spacial score (nSPS) is 11.7. The molecule has 9 rings (SSSR count). The number of aromatic nitrogens is 1. The number of hydrogen-bond acceptors (Lipinski definition) is 2. The lowest BCUT2D eigenvalue weighted by Gasteiger charge is -2.27. The summed E-state index contributed by atoms with van der Waals surface area (Å²) >= 11 is 0. The van der Waals surface area contributed by atoms with Gasteiger partial charge in [-0.1, -0.05) is 116 Å². The Morgan fingerprint density at radius 3 is 2.06 bits per heavy atom. The molecule has 50 heavy (non-hydrogen) atoms. The Morgan fingerprint density at radius 1 is 0.580 bits per heavy atom. The van der Waals surface area contributed by atoms with Crippen LogP contribution in [0.1, 0.15) is 18.2 Å². The molecule has 0 bridgehead atoms. The van der Waals surface area contributed by atoms with Crippen LogP contribution in [-0.2, 0) is 0 Å². The standard InChI is InChI=1S/C47H34N2O/c1-3-15-44-36(4-2)47-37(21-14-25-45(47)50-44)32-26-28-35(29-27-32)48(33-16-7-5-8-17-33)41-24-13-22-39-38(41)30-31-43-46(39)40-20-11-12-23-42(40)49(43)34-18-9-6-10-19-34/h3-31H,2H2,1H3/b15-3-. The van der Waals surface area contributed by atoms with Gasteiger partial charge in [0.2, 0.25) is 0 Å².